The number of aromatic nitrogens is 2. The Labute approximate surface area is 98.3 Å². The van der Waals surface area contributed by atoms with Crippen LogP contribution in [-0.2, 0) is 4.79 Å². The zero-order valence-electron chi connectivity index (χ0n) is 9.72. The Morgan fingerprint density at radius 2 is 2.00 bits per heavy atom. The molecule has 0 atom stereocenters. The Morgan fingerprint density at radius 1 is 1.47 bits per heavy atom. The van der Waals surface area contributed by atoms with Crippen LogP contribution < -0.4 is 4.90 Å². The van der Waals surface area contributed by atoms with E-state index in [0.717, 1.165) is 12.4 Å². The van der Waals surface area contributed by atoms with Gasteiger partial charge in [-0.25, -0.2) is 14.4 Å². The summed E-state index contributed by atoms with van der Waals surface area (Å²) in [5, 5.41) is 9.07. The van der Waals surface area contributed by atoms with Crippen LogP contribution in [0.15, 0.2) is 12.4 Å². The number of rotatable bonds is 3. The molecule has 1 aromatic rings. The first-order chi connectivity index (χ1) is 7.91. The lowest BCUT2D eigenvalue weighted by atomic mass is 9.74. The maximum absolute atomic E-state index is 12.6. The van der Waals surface area contributed by atoms with Gasteiger partial charge in [0.2, 0.25) is 5.95 Å². The van der Waals surface area contributed by atoms with Crippen LogP contribution >= 0.6 is 0 Å². The number of hydrogen-bond donors (Lipinski definition) is 1. The Bertz CT molecular complexity index is 427. The molecule has 1 saturated heterocycles. The van der Waals surface area contributed by atoms with Gasteiger partial charge in [-0.1, -0.05) is 0 Å². The lowest BCUT2D eigenvalue weighted by Gasteiger charge is -2.45. The van der Waals surface area contributed by atoms with Crippen LogP contribution in [0.25, 0.3) is 0 Å². The highest BCUT2D eigenvalue weighted by Gasteiger charge is 2.44. The second kappa shape index (κ2) is 3.94. The van der Waals surface area contributed by atoms with Gasteiger partial charge in [-0.05, 0) is 13.8 Å². The van der Waals surface area contributed by atoms with Crippen LogP contribution in [-0.4, -0.2) is 34.1 Å². The smallest absolute Gasteiger partial charge is 0.309 e. The maximum Gasteiger partial charge on any atom is 0.309 e. The van der Waals surface area contributed by atoms with Crippen molar-refractivity contribution in [2.24, 2.45) is 11.3 Å². The topological polar surface area (TPSA) is 66.3 Å². The first-order valence-corrected chi connectivity index (χ1v) is 5.37. The fourth-order valence-electron chi connectivity index (χ4n) is 1.74. The lowest BCUT2D eigenvalue weighted by molar-refractivity contribution is -0.150. The number of anilines is 1. The number of carbonyl (C=O) groups is 1. The third-order valence-electron chi connectivity index (χ3n) is 3.34. The SMILES string of the molecule is CC(C)(C(=O)O)C1CN(c2ncc(F)cn2)C1. The first-order valence-electron chi connectivity index (χ1n) is 5.37. The molecule has 0 aromatic carbocycles. The van der Waals surface area contributed by atoms with Crippen molar-refractivity contribution in [1.82, 2.24) is 9.97 Å². The molecule has 0 radical (unpaired) electrons. The molecule has 17 heavy (non-hydrogen) atoms. The molecular formula is C11H14FN3O2. The normalized spacial score (nSPS) is 16.8. The van der Waals surface area contributed by atoms with E-state index in [0.29, 0.717) is 19.0 Å². The minimum absolute atomic E-state index is 0.0636. The van der Waals surface area contributed by atoms with E-state index in [2.05, 4.69) is 9.97 Å². The summed E-state index contributed by atoms with van der Waals surface area (Å²) in [6.45, 7) is 4.60. The summed E-state index contributed by atoms with van der Waals surface area (Å²) in [6, 6.07) is 0. The predicted octanol–water partition coefficient (Wildman–Crippen LogP) is 1.16. The molecule has 0 spiro atoms. The van der Waals surface area contributed by atoms with E-state index in [1.165, 1.54) is 0 Å². The fourth-order valence-corrected chi connectivity index (χ4v) is 1.74. The summed E-state index contributed by atoms with van der Waals surface area (Å²) in [6.07, 6.45) is 2.22. The zero-order valence-corrected chi connectivity index (χ0v) is 9.72. The molecule has 6 heteroatoms. The minimum atomic E-state index is -0.804. The van der Waals surface area contributed by atoms with Gasteiger partial charge in [0.15, 0.2) is 5.82 Å². The molecule has 5 nitrogen and oxygen atoms in total. The Kier molecular flexibility index (Phi) is 2.73. The van der Waals surface area contributed by atoms with Gasteiger partial charge in [0, 0.05) is 19.0 Å². The molecule has 92 valence electrons. The molecular weight excluding hydrogens is 225 g/mol. The lowest BCUT2D eigenvalue weighted by Crippen LogP contribution is -2.55. The molecule has 0 unspecified atom stereocenters. The van der Waals surface area contributed by atoms with Crippen molar-refractivity contribution >= 4 is 11.9 Å². The van der Waals surface area contributed by atoms with Crippen molar-refractivity contribution in [3.63, 3.8) is 0 Å². The van der Waals surface area contributed by atoms with Gasteiger partial charge in [0.25, 0.3) is 0 Å². The number of hydrogen-bond acceptors (Lipinski definition) is 4. The van der Waals surface area contributed by atoms with Crippen molar-refractivity contribution in [3.8, 4) is 0 Å². The fraction of sp³-hybridized carbons (Fsp3) is 0.545. The van der Waals surface area contributed by atoms with Crippen LogP contribution in [0.3, 0.4) is 0 Å². The largest absolute Gasteiger partial charge is 0.481 e. The maximum atomic E-state index is 12.6. The molecule has 1 aromatic heterocycles. The molecule has 1 aliphatic heterocycles. The summed E-state index contributed by atoms with van der Waals surface area (Å²) < 4.78 is 12.6. The van der Waals surface area contributed by atoms with E-state index >= 15 is 0 Å². The monoisotopic (exact) mass is 239 g/mol. The molecule has 2 rings (SSSR count). The Morgan fingerprint density at radius 3 is 2.47 bits per heavy atom. The Hall–Kier alpha value is -1.72. The van der Waals surface area contributed by atoms with Crippen molar-refractivity contribution in [2.75, 3.05) is 18.0 Å². The number of carboxylic acids is 1. The van der Waals surface area contributed by atoms with E-state index in [-0.39, 0.29) is 5.92 Å². The molecule has 1 N–H and O–H groups in total. The van der Waals surface area contributed by atoms with Crippen LogP contribution in [0, 0.1) is 17.2 Å². The van der Waals surface area contributed by atoms with Crippen LogP contribution in [0.2, 0.25) is 0 Å². The van der Waals surface area contributed by atoms with E-state index in [1.54, 1.807) is 13.8 Å². The second-order valence-corrected chi connectivity index (χ2v) is 4.83. The van der Waals surface area contributed by atoms with E-state index in [1.807, 2.05) is 4.90 Å². The van der Waals surface area contributed by atoms with Gasteiger partial charge in [0.1, 0.15) is 0 Å². The molecule has 0 bridgehead atoms. The van der Waals surface area contributed by atoms with Crippen molar-refractivity contribution in [1.29, 1.82) is 0 Å². The van der Waals surface area contributed by atoms with Crippen LogP contribution in [0.5, 0.6) is 0 Å². The number of halogens is 1. The average Bonchev–Trinajstić information content (AvgIpc) is 2.18. The standard InChI is InChI=1S/C11H14FN3O2/c1-11(2,9(16)17)7-5-15(6-7)10-13-3-8(12)4-14-10/h3-4,7H,5-6H2,1-2H3,(H,16,17). The predicted molar refractivity (Wildman–Crippen MR) is 59.1 cm³/mol. The van der Waals surface area contributed by atoms with Gasteiger partial charge in [-0.2, -0.15) is 0 Å². The van der Waals surface area contributed by atoms with E-state index in [4.69, 9.17) is 5.11 Å². The minimum Gasteiger partial charge on any atom is -0.481 e. The summed E-state index contributed by atoms with van der Waals surface area (Å²) in [5.41, 5.74) is -0.753. The van der Waals surface area contributed by atoms with Crippen LogP contribution in [0.1, 0.15) is 13.8 Å². The molecule has 0 amide bonds. The zero-order chi connectivity index (χ0) is 12.6. The Balaban J connectivity index is 1.99. The second-order valence-electron chi connectivity index (χ2n) is 4.83. The number of nitrogens with zero attached hydrogens (tertiary/aromatic N) is 3. The van der Waals surface area contributed by atoms with Crippen molar-refractivity contribution in [3.05, 3.63) is 18.2 Å². The highest BCUT2D eigenvalue weighted by Crippen LogP contribution is 2.35. The van der Waals surface area contributed by atoms with Crippen molar-refractivity contribution in [2.45, 2.75) is 13.8 Å². The molecule has 0 aliphatic carbocycles. The van der Waals surface area contributed by atoms with Gasteiger partial charge < -0.3 is 10.0 Å². The molecule has 1 aliphatic rings. The quantitative estimate of drug-likeness (QED) is 0.857. The summed E-state index contributed by atoms with van der Waals surface area (Å²) in [5.74, 6) is -0.767. The van der Waals surface area contributed by atoms with Gasteiger partial charge >= 0.3 is 5.97 Å². The van der Waals surface area contributed by atoms with Gasteiger partial charge in [-0.3, -0.25) is 4.79 Å². The third-order valence-corrected chi connectivity index (χ3v) is 3.34. The number of aliphatic carboxylic acids is 1. The van der Waals surface area contributed by atoms with Gasteiger partial charge in [-0.15, -0.1) is 0 Å². The number of carboxylic acid groups (broad SMARTS) is 1. The first kappa shape index (κ1) is 11.8. The highest BCUT2D eigenvalue weighted by molar-refractivity contribution is 5.74. The molecule has 1 fully saturated rings. The molecule has 2 heterocycles. The third kappa shape index (κ3) is 2.07. The average molecular weight is 239 g/mol. The van der Waals surface area contributed by atoms with Gasteiger partial charge in [0.05, 0.1) is 17.8 Å². The summed E-state index contributed by atoms with van der Waals surface area (Å²) in [4.78, 5) is 20.6. The van der Waals surface area contributed by atoms with Crippen molar-refractivity contribution < 1.29 is 14.3 Å². The summed E-state index contributed by atoms with van der Waals surface area (Å²) >= 11 is 0. The van der Waals surface area contributed by atoms with E-state index in [9.17, 15) is 9.18 Å². The van der Waals surface area contributed by atoms with Crippen LogP contribution in [0.4, 0.5) is 10.3 Å². The molecule has 0 saturated carbocycles. The van der Waals surface area contributed by atoms with E-state index < -0.39 is 17.2 Å². The summed E-state index contributed by atoms with van der Waals surface area (Å²) in [7, 11) is 0. The highest BCUT2D eigenvalue weighted by atomic mass is 19.1.